The van der Waals surface area contributed by atoms with Gasteiger partial charge in [-0.15, -0.1) is 11.3 Å². The molecule has 2 rings (SSSR count). The van der Waals surface area contributed by atoms with Crippen molar-refractivity contribution >= 4 is 21.6 Å². The minimum Gasteiger partial charge on any atom is -0.245 e. The number of hydrogen-bond acceptors (Lipinski definition) is 3. The number of nitriles is 1. The van der Waals surface area contributed by atoms with Gasteiger partial charge in [0.15, 0.2) is 0 Å². The van der Waals surface area contributed by atoms with E-state index in [4.69, 9.17) is 5.26 Å². The lowest BCUT2D eigenvalue weighted by Crippen LogP contribution is -1.82. The van der Waals surface area contributed by atoms with Crippen LogP contribution in [0.4, 0.5) is 0 Å². The van der Waals surface area contributed by atoms with Crippen molar-refractivity contribution in [2.75, 3.05) is 0 Å². The maximum Gasteiger partial charge on any atom is 0.0812 e. The third-order valence-corrected chi connectivity index (χ3v) is 2.71. The van der Waals surface area contributed by atoms with Gasteiger partial charge < -0.3 is 0 Å². The third-order valence-electron chi connectivity index (χ3n) is 1.92. The topological polar surface area (TPSA) is 36.7 Å². The highest BCUT2D eigenvalue weighted by Gasteiger charge is 1.97. The van der Waals surface area contributed by atoms with Crippen molar-refractivity contribution in [2.24, 2.45) is 0 Å². The van der Waals surface area contributed by atoms with Crippen molar-refractivity contribution in [2.45, 2.75) is 12.8 Å². The van der Waals surface area contributed by atoms with Gasteiger partial charge in [0.1, 0.15) is 0 Å². The molecule has 0 aliphatic rings. The van der Waals surface area contributed by atoms with Gasteiger partial charge in [-0.25, -0.2) is 4.98 Å². The maximum absolute atomic E-state index is 8.44. The molecule has 13 heavy (non-hydrogen) atoms. The van der Waals surface area contributed by atoms with Crippen LogP contribution in [0.25, 0.3) is 10.2 Å². The van der Waals surface area contributed by atoms with Crippen molar-refractivity contribution in [1.29, 1.82) is 5.26 Å². The quantitative estimate of drug-likeness (QED) is 0.726. The van der Waals surface area contributed by atoms with E-state index in [-0.39, 0.29) is 0 Å². The zero-order chi connectivity index (χ0) is 9.10. The largest absolute Gasteiger partial charge is 0.245 e. The summed E-state index contributed by atoms with van der Waals surface area (Å²) in [5.41, 5.74) is 4.11. The van der Waals surface area contributed by atoms with Crippen LogP contribution in [-0.4, -0.2) is 4.98 Å². The van der Waals surface area contributed by atoms with Crippen LogP contribution in [0.3, 0.4) is 0 Å². The molecule has 2 aromatic rings. The molecule has 0 spiro atoms. The lowest BCUT2D eigenvalue weighted by atomic mass is 10.1. The van der Waals surface area contributed by atoms with Gasteiger partial charge in [0.2, 0.25) is 0 Å². The van der Waals surface area contributed by atoms with Gasteiger partial charge in [0.25, 0.3) is 0 Å². The van der Waals surface area contributed by atoms with E-state index in [1.807, 2.05) is 17.6 Å². The molecule has 0 amide bonds. The number of benzene rings is 1. The van der Waals surface area contributed by atoms with Crippen LogP contribution in [0.15, 0.2) is 23.7 Å². The minimum atomic E-state index is 0.588. The normalized spacial score (nSPS) is 10.1. The molecule has 0 saturated heterocycles. The molecule has 0 unspecified atom stereocenters. The van der Waals surface area contributed by atoms with Crippen molar-refractivity contribution in [3.05, 3.63) is 29.3 Å². The molecule has 0 fully saturated rings. The Bertz CT molecular complexity index is 453. The zero-order valence-electron chi connectivity index (χ0n) is 7.03. The lowest BCUT2D eigenvalue weighted by molar-refractivity contribution is 1.01. The average molecular weight is 188 g/mol. The molecule has 0 saturated carbocycles. The number of aryl methyl sites for hydroxylation is 1. The van der Waals surface area contributed by atoms with Crippen molar-refractivity contribution < 1.29 is 0 Å². The van der Waals surface area contributed by atoms with Gasteiger partial charge in [0.05, 0.1) is 21.8 Å². The number of hydrogen-bond donors (Lipinski definition) is 0. The van der Waals surface area contributed by atoms with Crippen LogP contribution in [0.5, 0.6) is 0 Å². The first-order chi connectivity index (χ1) is 6.40. The summed E-state index contributed by atoms with van der Waals surface area (Å²) in [6.07, 6.45) is 1.43. The van der Waals surface area contributed by atoms with E-state index in [0.29, 0.717) is 6.42 Å². The highest BCUT2D eigenvalue weighted by molar-refractivity contribution is 7.16. The van der Waals surface area contributed by atoms with E-state index in [0.717, 1.165) is 11.9 Å². The fourth-order valence-electron chi connectivity index (χ4n) is 1.26. The first-order valence-electron chi connectivity index (χ1n) is 4.09. The standard InChI is InChI=1S/C10H8N2S/c11-5-1-2-8-3-4-9-10(6-8)13-7-12-9/h3-4,6-7H,1-2H2. The smallest absolute Gasteiger partial charge is 0.0812 e. The molecule has 0 N–H and O–H groups in total. The molecule has 3 heteroatoms. The number of aromatic nitrogens is 1. The number of thiazole rings is 1. The summed E-state index contributed by atoms with van der Waals surface area (Å²) in [5.74, 6) is 0. The Morgan fingerprint density at radius 2 is 2.38 bits per heavy atom. The molecule has 0 bridgehead atoms. The highest BCUT2D eigenvalue weighted by Crippen LogP contribution is 2.19. The van der Waals surface area contributed by atoms with Gasteiger partial charge in [0, 0.05) is 6.42 Å². The van der Waals surface area contributed by atoms with Crippen LogP contribution in [-0.2, 0) is 6.42 Å². The van der Waals surface area contributed by atoms with E-state index in [2.05, 4.69) is 17.1 Å². The number of nitrogens with zero attached hydrogens (tertiary/aromatic N) is 2. The summed E-state index contributed by atoms with van der Waals surface area (Å²) in [7, 11) is 0. The fourth-order valence-corrected chi connectivity index (χ4v) is 2.00. The minimum absolute atomic E-state index is 0.588. The molecular weight excluding hydrogens is 180 g/mol. The molecular formula is C10H8N2S. The van der Waals surface area contributed by atoms with E-state index in [1.54, 1.807) is 11.3 Å². The van der Waals surface area contributed by atoms with Crippen LogP contribution >= 0.6 is 11.3 Å². The predicted octanol–water partition coefficient (Wildman–Crippen LogP) is 2.75. The van der Waals surface area contributed by atoms with Gasteiger partial charge >= 0.3 is 0 Å². The molecule has 0 atom stereocenters. The number of fused-ring (bicyclic) bond motifs is 1. The fraction of sp³-hybridized carbons (Fsp3) is 0.200. The van der Waals surface area contributed by atoms with E-state index < -0.39 is 0 Å². The summed E-state index contributed by atoms with van der Waals surface area (Å²) in [5, 5.41) is 8.44. The second-order valence-electron chi connectivity index (χ2n) is 2.81. The van der Waals surface area contributed by atoms with Crippen molar-refractivity contribution in [1.82, 2.24) is 4.98 Å². The first-order valence-corrected chi connectivity index (χ1v) is 4.97. The maximum atomic E-state index is 8.44. The summed E-state index contributed by atoms with van der Waals surface area (Å²) < 4.78 is 1.20. The van der Waals surface area contributed by atoms with Crippen molar-refractivity contribution in [3.63, 3.8) is 0 Å². The van der Waals surface area contributed by atoms with Crippen LogP contribution in [0, 0.1) is 11.3 Å². The highest BCUT2D eigenvalue weighted by atomic mass is 32.1. The molecule has 1 heterocycles. The molecule has 0 radical (unpaired) electrons. The molecule has 64 valence electrons. The monoisotopic (exact) mass is 188 g/mol. The first kappa shape index (κ1) is 8.21. The Kier molecular flexibility index (Phi) is 2.24. The molecule has 0 aliphatic heterocycles. The predicted molar refractivity (Wildman–Crippen MR) is 53.6 cm³/mol. The molecule has 1 aromatic carbocycles. The lowest BCUT2D eigenvalue weighted by Gasteiger charge is -1.95. The van der Waals surface area contributed by atoms with Crippen LogP contribution < -0.4 is 0 Å². The molecule has 0 aliphatic carbocycles. The summed E-state index contributed by atoms with van der Waals surface area (Å²) in [4.78, 5) is 4.19. The zero-order valence-corrected chi connectivity index (χ0v) is 7.84. The second-order valence-corrected chi connectivity index (χ2v) is 3.70. The Morgan fingerprint density at radius 3 is 3.23 bits per heavy atom. The van der Waals surface area contributed by atoms with E-state index in [1.165, 1.54) is 10.3 Å². The Balaban J connectivity index is 2.33. The number of rotatable bonds is 2. The van der Waals surface area contributed by atoms with Gasteiger partial charge in [-0.1, -0.05) is 6.07 Å². The Hall–Kier alpha value is -1.40. The third kappa shape index (κ3) is 1.68. The Labute approximate surface area is 80.5 Å². The summed E-state index contributed by atoms with van der Waals surface area (Å²) in [6, 6.07) is 8.31. The van der Waals surface area contributed by atoms with E-state index >= 15 is 0 Å². The van der Waals surface area contributed by atoms with Gasteiger partial charge in [-0.3, -0.25) is 0 Å². The Morgan fingerprint density at radius 1 is 1.46 bits per heavy atom. The van der Waals surface area contributed by atoms with Crippen LogP contribution in [0.2, 0.25) is 0 Å². The van der Waals surface area contributed by atoms with Crippen molar-refractivity contribution in [3.8, 4) is 6.07 Å². The van der Waals surface area contributed by atoms with Gasteiger partial charge in [-0.05, 0) is 24.1 Å². The molecule has 2 nitrogen and oxygen atoms in total. The molecule has 1 aromatic heterocycles. The van der Waals surface area contributed by atoms with Gasteiger partial charge in [-0.2, -0.15) is 5.26 Å². The second kappa shape index (κ2) is 3.55. The average Bonchev–Trinajstić information content (AvgIpc) is 2.61. The van der Waals surface area contributed by atoms with Crippen LogP contribution in [0.1, 0.15) is 12.0 Å². The summed E-state index contributed by atoms with van der Waals surface area (Å²) >= 11 is 1.64. The summed E-state index contributed by atoms with van der Waals surface area (Å²) in [6.45, 7) is 0. The van der Waals surface area contributed by atoms with E-state index in [9.17, 15) is 0 Å². The SMILES string of the molecule is N#CCCc1ccc2ncsc2c1.